The summed E-state index contributed by atoms with van der Waals surface area (Å²) < 4.78 is 2.42. The molecule has 4 heteroatoms. The molecule has 0 saturated carbocycles. The Morgan fingerprint density at radius 2 is 2.04 bits per heavy atom. The lowest BCUT2D eigenvalue weighted by Crippen LogP contribution is -2.35. The monoisotopic (exact) mass is 351 g/mol. The summed E-state index contributed by atoms with van der Waals surface area (Å²) in [6.45, 7) is 8.36. The summed E-state index contributed by atoms with van der Waals surface area (Å²) in [4.78, 5) is 6.51. The Labute approximate surface area is 153 Å². The summed E-state index contributed by atoms with van der Waals surface area (Å²) in [5.74, 6) is 0. The van der Waals surface area contributed by atoms with Crippen molar-refractivity contribution in [3.8, 4) is 0 Å². The Bertz CT molecular complexity index is 943. The van der Waals surface area contributed by atoms with E-state index in [0.29, 0.717) is 6.04 Å². The largest absolute Gasteiger partial charge is 0.340 e. The minimum atomic E-state index is 0.528. The van der Waals surface area contributed by atoms with Gasteiger partial charge in [-0.1, -0.05) is 18.2 Å². The molecule has 2 aromatic heterocycles. The number of pyridine rings is 1. The van der Waals surface area contributed by atoms with Crippen molar-refractivity contribution in [1.82, 2.24) is 14.5 Å². The van der Waals surface area contributed by atoms with Gasteiger partial charge in [0.1, 0.15) is 0 Å². The van der Waals surface area contributed by atoms with Gasteiger partial charge in [0, 0.05) is 59.6 Å². The quantitative estimate of drug-likeness (QED) is 0.677. The summed E-state index contributed by atoms with van der Waals surface area (Å²) in [7, 11) is 2.19. The third kappa shape index (κ3) is 2.88. The molecule has 0 amide bonds. The van der Waals surface area contributed by atoms with Gasteiger partial charge >= 0.3 is 0 Å². The average Bonchev–Trinajstić information content (AvgIpc) is 2.89. The van der Waals surface area contributed by atoms with Gasteiger partial charge in [0.25, 0.3) is 0 Å². The van der Waals surface area contributed by atoms with E-state index in [1.165, 1.54) is 22.2 Å². The summed E-state index contributed by atoms with van der Waals surface area (Å²) in [6, 6.07) is 10.8. The minimum Gasteiger partial charge on any atom is -0.340 e. The molecule has 1 atom stereocenters. The number of aromatic nitrogens is 2. The van der Waals surface area contributed by atoms with E-state index in [4.69, 9.17) is 11.6 Å². The molecular formula is C21H22ClN3. The number of rotatable bonds is 3. The first kappa shape index (κ1) is 16.4. The van der Waals surface area contributed by atoms with Gasteiger partial charge in [-0.05, 0) is 61.0 Å². The van der Waals surface area contributed by atoms with Gasteiger partial charge < -0.3 is 4.57 Å². The molecule has 0 N–H and O–H groups in total. The highest BCUT2D eigenvalue weighted by Crippen LogP contribution is 2.35. The Kier molecular flexibility index (Phi) is 4.14. The van der Waals surface area contributed by atoms with Crippen LogP contribution in [0.1, 0.15) is 23.7 Å². The number of hydrogen-bond donors (Lipinski definition) is 0. The molecule has 1 aliphatic rings. The van der Waals surface area contributed by atoms with Crippen LogP contribution in [0.25, 0.3) is 16.5 Å². The second-order valence-electron chi connectivity index (χ2n) is 6.98. The molecule has 0 saturated heterocycles. The fraction of sp³-hybridized carbons (Fsp3) is 0.286. The first-order chi connectivity index (χ1) is 12.0. The lowest BCUT2D eigenvalue weighted by Gasteiger charge is -2.31. The molecule has 0 radical (unpaired) electrons. The lowest BCUT2D eigenvalue weighted by atomic mass is 10.00. The van der Waals surface area contributed by atoms with Crippen LogP contribution < -0.4 is 0 Å². The summed E-state index contributed by atoms with van der Waals surface area (Å²) in [5.41, 5.74) is 6.30. The fourth-order valence-corrected chi connectivity index (χ4v) is 3.92. The molecule has 3 heterocycles. The zero-order valence-electron chi connectivity index (χ0n) is 14.7. The van der Waals surface area contributed by atoms with Crippen molar-refractivity contribution >= 4 is 28.1 Å². The first-order valence-corrected chi connectivity index (χ1v) is 9.00. The van der Waals surface area contributed by atoms with Crippen LogP contribution in [0.15, 0.2) is 49.3 Å². The molecule has 1 aromatic carbocycles. The van der Waals surface area contributed by atoms with E-state index in [9.17, 15) is 0 Å². The molecule has 1 unspecified atom stereocenters. The maximum atomic E-state index is 6.29. The number of halogens is 1. The normalized spacial score (nSPS) is 17.6. The van der Waals surface area contributed by atoms with Crippen molar-refractivity contribution in [1.29, 1.82) is 0 Å². The zero-order chi connectivity index (χ0) is 17.6. The molecule has 0 fully saturated rings. The van der Waals surface area contributed by atoms with E-state index < -0.39 is 0 Å². The Balaban J connectivity index is 1.83. The van der Waals surface area contributed by atoms with Crippen LogP contribution in [0.3, 0.4) is 0 Å². The number of fused-ring (bicyclic) bond motifs is 3. The number of likely N-dealkylation sites (N-methyl/N-ethyl adjacent to an activating group) is 1. The van der Waals surface area contributed by atoms with Crippen LogP contribution in [-0.4, -0.2) is 27.5 Å². The van der Waals surface area contributed by atoms with Gasteiger partial charge in [-0.2, -0.15) is 0 Å². The SMILES string of the molecule is C=C(Cn1c2c(c3cc(Cl)ccc31)CN(C)C(C)C2)c1ccncc1. The van der Waals surface area contributed by atoms with Gasteiger partial charge in [0.2, 0.25) is 0 Å². The fourth-order valence-electron chi connectivity index (χ4n) is 3.75. The van der Waals surface area contributed by atoms with Crippen LogP contribution in [0.2, 0.25) is 5.02 Å². The Morgan fingerprint density at radius 3 is 2.80 bits per heavy atom. The molecule has 25 heavy (non-hydrogen) atoms. The summed E-state index contributed by atoms with van der Waals surface area (Å²) in [6.07, 6.45) is 4.68. The lowest BCUT2D eigenvalue weighted by molar-refractivity contribution is 0.228. The smallest absolute Gasteiger partial charge is 0.0490 e. The average molecular weight is 352 g/mol. The van der Waals surface area contributed by atoms with Gasteiger partial charge in [0.15, 0.2) is 0 Å². The molecule has 3 nitrogen and oxygen atoms in total. The van der Waals surface area contributed by atoms with E-state index in [1.54, 1.807) is 0 Å². The van der Waals surface area contributed by atoms with Crippen LogP contribution in [0.4, 0.5) is 0 Å². The van der Waals surface area contributed by atoms with Gasteiger partial charge in [0.05, 0.1) is 0 Å². The number of benzene rings is 1. The predicted molar refractivity (Wildman–Crippen MR) is 105 cm³/mol. The predicted octanol–water partition coefficient (Wildman–Crippen LogP) is 4.78. The van der Waals surface area contributed by atoms with E-state index in [2.05, 4.69) is 47.1 Å². The summed E-state index contributed by atoms with van der Waals surface area (Å²) in [5, 5.41) is 2.06. The molecule has 0 spiro atoms. The maximum Gasteiger partial charge on any atom is 0.0490 e. The third-order valence-electron chi connectivity index (χ3n) is 5.33. The zero-order valence-corrected chi connectivity index (χ0v) is 15.4. The minimum absolute atomic E-state index is 0.528. The van der Waals surface area contributed by atoms with Gasteiger partial charge in [-0.25, -0.2) is 0 Å². The van der Waals surface area contributed by atoms with Crippen LogP contribution in [0, 0.1) is 0 Å². The molecule has 3 aromatic rings. The number of nitrogens with zero attached hydrogens (tertiary/aromatic N) is 3. The van der Waals surface area contributed by atoms with Crippen LogP contribution in [0.5, 0.6) is 0 Å². The molecule has 0 bridgehead atoms. The number of hydrogen-bond acceptors (Lipinski definition) is 2. The van der Waals surface area contributed by atoms with Crippen LogP contribution >= 0.6 is 11.6 Å². The molecule has 128 valence electrons. The molecule has 4 rings (SSSR count). The van der Waals surface area contributed by atoms with Crippen molar-refractivity contribution in [2.75, 3.05) is 7.05 Å². The number of allylic oxidation sites excluding steroid dienone is 1. The highest BCUT2D eigenvalue weighted by molar-refractivity contribution is 6.31. The van der Waals surface area contributed by atoms with Crippen molar-refractivity contribution in [3.63, 3.8) is 0 Å². The van der Waals surface area contributed by atoms with E-state index in [-0.39, 0.29) is 0 Å². The van der Waals surface area contributed by atoms with Crippen molar-refractivity contribution in [2.45, 2.75) is 32.5 Å². The first-order valence-electron chi connectivity index (χ1n) is 8.62. The van der Waals surface area contributed by atoms with E-state index >= 15 is 0 Å². The van der Waals surface area contributed by atoms with Crippen molar-refractivity contribution in [3.05, 3.63) is 71.1 Å². The maximum absolute atomic E-state index is 6.29. The molecule has 0 aliphatic carbocycles. The highest BCUT2D eigenvalue weighted by Gasteiger charge is 2.26. The Hall–Kier alpha value is -2.10. The van der Waals surface area contributed by atoms with E-state index in [0.717, 1.165) is 35.7 Å². The van der Waals surface area contributed by atoms with Gasteiger partial charge in [-0.15, -0.1) is 0 Å². The molecule has 1 aliphatic heterocycles. The molecular weight excluding hydrogens is 330 g/mol. The second kappa shape index (κ2) is 6.32. The second-order valence-corrected chi connectivity index (χ2v) is 7.42. The Morgan fingerprint density at radius 1 is 1.28 bits per heavy atom. The van der Waals surface area contributed by atoms with Crippen molar-refractivity contribution in [2.24, 2.45) is 0 Å². The third-order valence-corrected chi connectivity index (χ3v) is 5.57. The van der Waals surface area contributed by atoms with Crippen molar-refractivity contribution < 1.29 is 0 Å². The standard InChI is InChI=1S/C21H22ClN3/c1-14(16-6-8-23-9-7-16)12-25-20-5-4-17(22)11-18(20)19-13-24(3)15(2)10-21(19)25/h4-9,11,15H,1,10,12-13H2,2-3H3. The van der Waals surface area contributed by atoms with Gasteiger partial charge in [-0.3, -0.25) is 9.88 Å². The van der Waals surface area contributed by atoms with Crippen LogP contribution in [-0.2, 0) is 19.5 Å². The topological polar surface area (TPSA) is 21.1 Å². The summed E-state index contributed by atoms with van der Waals surface area (Å²) >= 11 is 6.29. The van der Waals surface area contributed by atoms with E-state index in [1.807, 2.05) is 30.6 Å². The highest BCUT2D eigenvalue weighted by atomic mass is 35.5.